The first-order valence-electron chi connectivity index (χ1n) is 11.9. The molecule has 2 heterocycles. The van der Waals surface area contributed by atoms with Gasteiger partial charge in [-0.2, -0.15) is 0 Å². The molecule has 4 nitrogen and oxygen atoms in total. The van der Waals surface area contributed by atoms with E-state index in [2.05, 4.69) is 83.0 Å². The molecule has 0 atom stereocenters. The zero-order valence-electron chi connectivity index (χ0n) is 19.7. The Bertz CT molecular complexity index is 1080. The van der Waals surface area contributed by atoms with Crippen molar-refractivity contribution in [3.05, 3.63) is 72.1 Å². The molecule has 0 amide bonds. The lowest BCUT2D eigenvalue weighted by Crippen LogP contribution is -2.04. The van der Waals surface area contributed by atoms with Crippen molar-refractivity contribution < 1.29 is 0 Å². The third-order valence-corrected chi connectivity index (χ3v) is 5.92. The molecule has 5 heteroatoms. The second-order valence-corrected chi connectivity index (χ2v) is 8.63. The molecule has 0 saturated heterocycles. The van der Waals surface area contributed by atoms with Gasteiger partial charge in [0.05, 0.1) is 11.0 Å². The number of anilines is 2. The summed E-state index contributed by atoms with van der Waals surface area (Å²) >= 11 is 0. The number of unbranched alkanes of at least 4 members (excludes halogenated alkanes) is 5. The van der Waals surface area contributed by atoms with Gasteiger partial charge in [-0.3, -0.25) is 9.97 Å². The van der Waals surface area contributed by atoms with Gasteiger partial charge in [-0.15, -0.1) is 12.4 Å². The van der Waals surface area contributed by atoms with E-state index >= 15 is 0 Å². The van der Waals surface area contributed by atoms with Crippen LogP contribution in [0, 0.1) is 13.8 Å². The molecule has 4 rings (SSSR count). The Hall–Kier alpha value is -2.85. The molecule has 2 aromatic heterocycles. The van der Waals surface area contributed by atoms with Crippen LogP contribution in [0.4, 0.5) is 11.4 Å². The van der Waals surface area contributed by atoms with E-state index in [4.69, 9.17) is 0 Å². The van der Waals surface area contributed by atoms with Crippen LogP contribution < -0.4 is 10.6 Å². The SMILES string of the molecule is Cc1cc(NCCCCCCCCNc2cc(C)nc3ccccc23)c2ccccc2n1.Cl. The number of nitrogens with zero attached hydrogens (tertiary/aromatic N) is 2. The number of pyridine rings is 2. The molecule has 0 spiro atoms. The largest absolute Gasteiger partial charge is 0.384 e. The Kier molecular flexibility index (Phi) is 9.32. The molecule has 0 aliphatic rings. The van der Waals surface area contributed by atoms with Crippen LogP contribution in [-0.4, -0.2) is 23.1 Å². The molecule has 0 aliphatic heterocycles. The van der Waals surface area contributed by atoms with E-state index in [0.29, 0.717) is 0 Å². The fraction of sp³-hybridized carbons (Fsp3) is 0.357. The number of para-hydroxylation sites is 2. The van der Waals surface area contributed by atoms with Crippen molar-refractivity contribution in [3.63, 3.8) is 0 Å². The summed E-state index contributed by atoms with van der Waals surface area (Å²) in [5.74, 6) is 0. The minimum absolute atomic E-state index is 0. The number of rotatable bonds is 11. The summed E-state index contributed by atoms with van der Waals surface area (Å²) in [6.45, 7) is 6.16. The van der Waals surface area contributed by atoms with Crippen LogP contribution in [0.2, 0.25) is 0 Å². The number of aryl methyl sites for hydroxylation is 2. The monoisotopic (exact) mass is 462 g/mol. The van der Waals surface area contributed by atoms with Crippen molar-refractivity contribution in [1.82, 2.24) is 9.97 Å². The maximum absolute atomic E-state index is 4.62. The Labute approximate surface area is 203 Å². The Morgan fingerprint density at radius 3 is 1.42 bits per heavy atom. The van der Waals surface area contributed by atoms with Crippen molar-refractivity contribution in [2.75, 3.05) is 23.7 Å². The van der Waals surface area contributed by atoms with Crippen LogP contribution in [-0.2, 0) is 0 Å². The highest BCUT2D eigenvalue weighted by atomic mass is 35.5. The number of nitrogens with one attached hydrogen (secondary N) is 2. The first-order chi connectivity index (χ1) is 15.7. The average molecular weight is 463 g/mol. The fourth-order valence-corrected chi connectivity index (χ4v) is 4.31. The standard InChI is InChI=1S/C28H34N4.ClH/c1-21-19-27(23-13-7-9-15-25(23)31-21)29-17-11-5-3-4-6-12-18-30-28-20-22(2)32-26-16-10-8-14-24(26)28;/h7-10,13-16,19-20H,3-6,11-12,17-18H2,1-2H3,(H,29,31)(H,30,32);1H. The van der Waals surface area contributed by atoms with Crippen LogP contribution >= 0.6 is 12.4 Å². The van der Waals surface area contributed by atoms with Crippen LogP contribution in [0.1, 0.15) is 49.9 Å². The molecule has 0 aliphatic carbocycles. The van der Waals surface area contributed by atoms with Crippen LogP contribution in [0.25, 0.3) is 21.8 Å². The molecule has 2 aromatic carbocycles. The molecule has 0 fully saturated rings. The number of hydrogen-bond acceptors (Lipinski definition) is 4. The lowest BCUT2D eigenvalue weighted by molar-refractivity contribution is 0.610. The van der Waals surface area contributed by atoms with E-state index in [1.807, 2.05) is 12.1 Å². The predicted molar refractivity (Wildman–Crippen MR) is 145 cm³/mol. The number of hydrogen-bond donors (Lipinski definition) is 2. The van der Waals surface area contributed by atoms with E-state index in [0.717, 1.165) is 35.5 Å². The van der Waals surface area contributed by atoms with Crippen molar-refractivity contribution in [1.29, 1.82) is 0 Å². The lowest BCUT2D eigenvalue weighted by Gasteiger charge is -2.11. The molecule has 0 unspecified atom stereocenters. The molecule has 2 N–H and O–H groups in total. The van der Waals surface area contributed by atoms with Gasteiger partial charge < -0.3 is 10.6 Å². The van der Waals surface area contributed by atoms with Gasteiger partial charge in [0.25, 0.3) is 0 Å². The smallest absolute Gasteiger partial charge is 0.0725 e. The van der Waals surface area contributed by atoms with Gasteiger partial charge in [0.15, 0.2) is 0 Å². The minimum Gasteiger partial charge on any atom is -0.384 e. The molecular weight excluding hydrogens is 428 g/mol. The molecule has 0 bridgehead atoms. The Morgan fingerprint density at radius 2 is 0.970 bits per heavy atom. The summed E-state index contributed by atoms with van der Waals surface area (Å²) in [7, 11) is 0. The highest BCUT2D eigenvalue weighted by molar-refractivity contribution is 5.92. The Morgan fingerprint density at radius 1 is 0.576 bits per heavy atom. The summed E-state index contributed by atoms with van der Waals surface area (Å²) < 4.78 is 0. The molecule has 0 saturated carbocycles. The third kappa shape index (κ3) is 6.82. The van der Waals surface area contributed by atoms with E-state index in [9.17, 15) is 0 Å². The lowest BCUT2D eigenvalue weighted by atomic mass is 10.1. The van der Waals surface area contributed by atoms with Crippen molar-refractivity contribution >= 4 is 45.6 Å². The normalized spacial score (nSPS) is 10.8. The van der Waals surface area contributed by atoms with Crippen molar-refractivity contribution in [3.8, 4) is 0 Å². The van der Waals surface area contributed by atoms with Gasteiger partial charge in [-0.05, 0) is 51.0 Å². The van der Waals surface area contributed by atoms with Gasteiger partial charge in [-0.1, -0.05) is 62.1 Å². The van der Waals surface area contributed by atoms with Crippen LogP contribution in [0.15, 0.2) is 60.7 Å². The third-order valence-electron chi connectivity index (χ3n) is 5.92. The molecule has 174 valence electrons. The highest BCUT2D eigenvalue weighted by Gasteiger charge is 2.04. The molecule has 33 heavy (non-hydrogen) atoms. The quantitative estimate of drug-likeness (QED) is 0.224. The van der Waals surface area contributed by atoms with Gasteiger partial charge >= 0.3 is 0 Å². The van der Waals surface area contributed by atoms with Crippen molar-refractivity contribution in [2.45, 2.75) is 52.4 Å². The summed E-state index contributed by atoms with van der Waals surface area (Å²) in [6.07, 6.45) is 7.56. The number of benzene rings is 2. The zero-order chi connectivity index (χ0) is 22.2. The summed E-state index contributed by atoms with van der Waals surface area (Å²) in [5.41, 5.74) is 6.68. The second-order valence-electron chi connectivity index (χ2n) is 8.63. The van der Waals surface area contributed by atoms with E-state index in [-0.39, 0.29) is 12.4 Å². The van der Waals surface area contributed by atoms with Gasteiger partial charge in [-0.25, -0.2) is 0 Å². The van der Waals surface area contributed by atoms with Crippen LogP contribution in [0.3, 0.4) is 0 Å². The fourth-order valence-electron chi connectivity index (χ4n) is 4.31. The van der Waals surface area contributed by atoms with Gasteiger partial charge in [0.2, 0.25) is 0 Å². The van der Waals surface area contributed by atoms with E-state index < -0.39 is 0 Å². The number of halogens is 1. The van der Waals surface area contributed by atoms with E-state index in [1.54, 1.807) is 0 Å². The molecule has 4 aromatic rings. The predicted octanol–water partition coefficient (Wildman–Crippen LogP) is 7.69. The Balaban J connectivity index is 0.00000306. The van der Waals surface area contributed by atoms with Crippen LogP contribution in [0.5, 0.6) is 0 Å². The zero-order valence-corrected chi connectivity index (χ0v) is 20.5. The van der Waals surface area contributed by atoms with Gasteiger partial charge in [0, 0.05) is 46.6 Å². The number of aromatic nitrogens is 2. The first kappa shape index (κ1) is 24.8. The second kappa shape index (κ2) is 12.4. The maximum atomic E-state index is 4.62. The van der Waals surface area contributed by atoms with Gasteiger partial charge in [0.1, 0.15) is 0 Å². The maximum Gasteiger partial charge on any atom is 0.0725 e. The van der Waals surface area contributed by atoms with Crippen molar-refractivity contribution in [2.24, 2.45) is 0 Å². The molecule has 0 radical (unpaired) electrons. The van der Waals surface area contributed by atoms with E-state index in [1.165, 1.54) is 60.7 Å². The summed E-state index contributed by atoms with van der Waals surface area (Å²) in [6, 6.07) is 21.0. The number of fused-ring (bicyclic) bond motifs is 2. The minimum atomic E-state index is 0. The average Bonchev–Trinajstić information content (AvgIpc) is 2.79. The molecular formula is C28H35ClN4. The summed E-state index contributed by atoms with van der Waals surface area (Å²) in [4.78, 5) is 9.24. The summed E-state index contributed by atoms with van der Waals surface area (Å²) in [5, 5.41) is 9.67. The first-order valence-corrected chi connectivity index (χ1v) is 11.9. The highest BCUT2D eigenvalue weighted by Crippen LogP contribution is 2.24. The topological polar surface area (TPSA) is 49.8 Å².